The zero-order chi connectivity index (χ0) is 12.2. The van der Waals surface area contributed by atoms with Gasteiger partial charge < -0.3 is 9.47 Å². The van der Waals surface area contributed by atoms with Crippen molar-refractivity contribution in [3.8, 4) is 5.75 Å². The Bertz CT molecular complexity index is 261. The average molecular weight is 237 g/mol. The van der Waals surface area contributed by atoms with Crippen molar-refractivity contribution in [1.29, 1.82) is 0 Å². The summed E-state index contributed by atoms with van der Waals surface area (Å²) < 4.78 is 10.9. The third-order valence-electron chi connectivity index (χ3n) is 2.38. The molecule has 1 aromatic carbocycles. The van der Waals surface area contributed by atoms with E-state index in [1.165, 1.54) is 0 Å². The van der Waals surface area contributed by atoms with Gasteiger partial charge in [0.25, 0.3) is 0 Å². The fourth-order valence-corrected chi connectivity index (χ4v) is 1.42. The summed E-state index contributed by atoms with van der Waals surface area (Å²) in [5.41, 5.74) is 0. The third kappa shape index (κ3) is 7.77. The van der Waals surface area contributed by atoms with Crippen molar-refractivity contribution in [3.63, 3.8) is 0 Å². The van der Waals surface area contributed by atoms with Crippen molar-refractivity contribution in [1.82, 2.24) is 0 Å². The molecule has 3 nitrogen and oxygen atoms in total. The minimum Gasteiger partial charge on any atom is -0.494 e. The summed E-state index contributed by atoms with van der Waals surface area (Å²) >= 11 is 0. The largest absolute Gasteiger partial charge is 0.494 e. The second-order valence-corrected chi connectivity index (χ2v) is 3.89. The quantitative estimate of drug-likeness (QED) is 0.586. The van der Waals surface area contributed by atoms with Crippen LogP contribution >= 0.6 is 0 Å². The SMILES string of the molecule is [O]CCCCOCCCCOc1ccccc1. The highest BCUT2D eigenvalue weighted by Gasteiger charge is 1.93. The average Bonchev–Trinajstić information content (AvgIpc) is 2.38. The minimum atomic E-state index is 0.00821. The summed E-state index contributed by atoms with van der Waals surface area (Å²) in [6.45, 7) is 2.21. The summed E-state index contributed by atoms with van der Waals surface area (Å²) in [6.07, 6.45) is 3.60. The van der Waals surface area contributed by atoms with Crippen LogP contribution in [0.3, 0.4) is 0 Å². The monoisotopic (exact) mass is 237 g/mol. The number of unbranched alkanes of at least 4 members (excludes halogenated alkanes) is 2. The van der Waals surface area contributed by atoms with Crippen LogP contribution in [0.2, 0.25) is 0 Å². The van der Waals surface area contributed by atoms with Gasteiger partial charge in [-0.1, -0.05) is 18.2 Å². The lowest BCUT2D eigenvalue weighted by Crippen LogP contribution is -2.02. The Hall–Kier alpha value is -1.06. The first kappa shape index (κ1) is 14.0. The van der Waals surface area contributed by atoms with E-state index in [9.17, 15) is 5.11 Å². The molecular weight excluding hydrogens is 216 g/mol. The van der Waals surface area contributed by atoms with Gasteiger partial charge in [-0.3, -0.25) is 0 Å². The summed E-state index contributed by atoms with van der Waals surface area (Å²) in [5.74, 6) is 0.920. The topological polar surface area (TPSA) is 38.4 Å². The second-order valence-electron chi connectivity index (χ2n) is 3.89. The molecule has 0 aliphatic heterocycles. The van der Waals surface area contributed by atoms with E-state index in [0.717, 1.165) is 44.6 Å². The Kier molecular flexibility index (Phi) is 8.33. The Morgan fingerprint density at radius 3 is 2.18 bits per heavy atom. The standard InChI is InChI=1S/C14H21O3/c15-10-4-5-11-16-12-6-7-13-17-14-8-2-1-3-9-14/h1-3,8-9H,4-7,10-13H2. The van der Waals surface area contributed by atoms with Crippen molar-refractivity contribution >= 4 is 0 Å². The maximum Gasteiger partial charge on any atom is 0.119 e. The van der Waals surface area contributed by atoms with E-state index in [1.807, 2.05) is 30.3 Å². The maximum absolute atomic E-state index is 10.2. The molecule has 0 bridgehead atoms. The Balaban J connectivity index is 1.85. The third-order valence-corrected chi connectivity index (χ3v) is 2.38. The molecule has 3 heteroatoms. The van der Waals surface area contributed by atoms with Gasteiger partial charge in [0.05, 0.1) is 13.2 Å². The summed E-state index contributed by atoms with van der Waals surface area (Å²) in [5, 5.41) is 10.2. The van der Waals surface area contributed by atoms with Gasteiger partial charge in [-0.2, -0.15) is 0 Å². The molecule has 0 aliphatic carbocycles. The van der Waals surface area contributed by atoms with Gasteiger partial charge in [-0.25, -0.2) is 5.11 Å². The molecule has 95 valence electrons. The van der Waals surface area contributed by atoms with Crippen LogP contribution in [0.1, 0.15) is 25.7 Å². The van der Waals surface area contributed by atoms with Gasteiger partial charge in [-0.15, -0.1) is 0 Å². The normalized spacial score (nSPS) is 10.4. The first-order chi connectivity index (χ1) is 8.43. The van der Waals surface area contributed by atoms with Crippen LogP contribution < -0.4 is 4.74 Å². The number of benzene rings is 1. The first-order valence-electron chi connectivity index (χ1n) is 6.27. The summed E-state index contributed by atoms with van der Waals surface area (Å²) in [4.78, 5) is 0. The van der Waals surface area contributed by atoms with E-state index in [2.05, 4.69) is 0 Å². The zero-order valence-electron chi connectivity index (χ0n) is 10.3. The van der Waals surface area contributed by atoms with Crippen LogP contribution in [0.5, 0.6) is 5.75 Å². The molecule has 0 N–H and O–H groups in total. The Labute approximate surface area is 103 Å². The van der Waals surface area contributed by atoms with Gasteiger partial charge in [0.2, 0.25) is 0 Å². The van der Waals surface area contributed by atoms with Gasteiger partial charge in [0.1, 0.15) is 5.75 Å². The predicted molar refractivity (Wildman–Crippen MR) is 66.8 cm³/mol. The second kappa shape index (κ2) is 10.1. The first-order valence-corrected chi connectivity index (χ1v) is 6.27. The molecule has 0 spiro atoms. The van der Waals surface area contributed by atoms with Crippen LogP contribution in [0.4, 0.5) is 0 Å². The van der Waals surface area contributed by atoms with Gasteiger partial charge in [0.15, 0.2) is 0 Å². The number of rotatable bonds is 10. The van der Waals surface area contributed by atoms with E-state index in [0.29, 0.717) is 6.61 Å². The molecule has 1 aromatic rings. The van der Waals surface area contributed by atoms with Gasteiger partial charge in [0, 0.05) is 13.2 Å². The zero-order valence-corrected chi connectivity index (χ0v) is 10.3. The van der Waals surface area contributed by atoms with E-state index in [-0.39, 0.29) is 6.61 Å². The molecule has 0 aromatic heterocycles. The molecule has 0 unspecified atom stereocenters. The van der Waals surface area contributed by atoms with Gasteiger partial charge >= 0.3 is 0 Å². The molecule has 1 rings (SSSR count). The molecule has 0 saturated heterocycles. The molecular formula is C14H21O3. The fraction of sp³-hybridized carbons (Fsp3) is 0.571. The fourth-order valence-electron chi connectivity index (χ4n) is 1.42. The van der Waals surface area contributed by atoms with E-state index >= 15 is 0 Å². The number of para-hydroxylation sites is 1. The number of hydrogen-bond acceptors (Lipinski definition) is 2. The Morgan fingerprint density at radius 2 is 1.47 bits per heavy atom. The predicted octanol–water partition coefficient (Wildman–Crippen LogP) is 3.07. The van der Waals surface area contributed by atoms with Crippen molar-refractivity contribution in [3.05, 3.63) is 30.3 Å². The Morgan fingerprint density at radius 1 is 0.824 bits per heavy atom. The number of hydrogen-bond donors (Lipinski definition) is 0. The maximum atomic E-state index is 10.2. The van der Waals surface area contributed by atoms with Gasteiger partial charge in [-0.05, 0) is 37.8 Å². The van der Waals surface area contributed by atoms with Crippen LogP contribution in [-0.2, 0) is 9.84 Å². The van der Waals surface area contributed by atoms with E-state index in [4.69, 9.17) is 9.47 Å². The van der Waals surface area contributed by atoms with Crippen LogP contribution in [0, 0.1) is 0 Å². The van der Waals surface area contributed by atoms with Crippen LogP contribution in [-0.4, -0.2) is 26.4 Å². The van der Waals surface area contributed by atoms with Crippen molar-refractivity contribution in [2.24, 2.45) is 0 Å². The molecule has 0 heterocycles. The molecule has 0 aliphatic rings. The highest BCUT2D eigenvalue weighted by molar-refractivity contribution is 5.20. The van der Waals surface area contributed by atoms with E-state index < -0.39 is 0 Å². The lowest BCUT2D eigenvalue weighted by atomic mass is 10.3. The molecule has 0 fully saturated rings. The van der Waals surface area contributed by atoms with Crippen molar-refractivity contribution in [2.75, 3.05) is 26.4 Å². The van der Waals surface area contributed by atoms with E-state index in [1.54, 1.807) is 0 Å². The highest BCUT2D eigenvalue weighted by Crippen LogP contribution is 2.08. The summed E-state index contributed by atoms with van der Waals surface area (Å²) in [6, 6.07) is 9.82. The lowest BCUT2D eigenvalue weighted by molar-refractivity contribution is 0.111. The van der Waals surface area contributed by atoms with Crippen molar-refractivity contribution in [2.45, 2.75) is 25.7 Å². The minimum absolute atomic E-state index is 0.00821. The lowest BCUT2D eigenvalue weighted by Gasteiger charge is -2.06. The molecule has 0 atom stereocenters. The molecule has 0 amide bonds. The molecule has 0 saturated carbocycles. The molecule has 1 radical (unpaired) electrons. The highest BCUT2D eigenvalue weighted by atomic mass is 16.5. The van der Waals surface area contributed by atoms with Crippen molar-refractivity contribution < 1.29 is 14.6 Å². The smallest absolute Gasteiger partial charge is 0.119 e. The molecule has 17 heavy (non-hydrogen) atoms. The summed E-state index contributed by atoms with van der Waals surface area (Å²) in [7, 11) is 0. The number of ether oxygens (including phenoxy) is 2. The van der Waals surface area contributed by atoms with Crippen LogP contribution in [0.15, 0.2) is 30.3 Å². The van der Waals surface area contributed by atoms with Crippen LogP contribution in [0.25, 0.3) is 0 Å².